The molecule has 0 aromatic heterocycles. The van der Waals surface area contributed by atoms with Crippen LogP contribution in [0.3, 0.4) is 0 Å². The number of hydrogen-bond acceptors (Lipinski definition) is 2. The van der Waals surface area contributed by atoms with Crippen LogP contribution < -0.4 is 5.32 Å². The van der Waals surface area contributed by atoms with Crippen LogP contribution in [0.1, 0.15) is 58.8 Å². The van der Waals surface area contributed by atoms with E-state index < -0.39 is 0 Å². The van der Waals surface area contributed by atoms with E-state index in [0.29, 0.717) is 5.41 Å². The Labute approximate surface area is 107 Å². The molecule has 1 aliphatic carbocycles. The van der Waals surface area contributed by atoms with Crippen LogP contribution in [0.4, 0.5) is 0 Å². The third-order valence-corrected chi connectivity index (χ3v) is 4.67. The van der Waals surface area contributed by atoms with Crippen molar-refractivity contribution in [1.29, 1.82) is 0 Å². The maximum Gasteiger partial charge on any atom is 0.0197 e. The number of nitrogens with zero attached hydrogens (tertiary/aromatic N) is 1. The minimum atomic E-state index is 0.583. The van der Waals surface area contributed by atoms with E-state index in [4.69, 9.17) is 0 Å². The summed E-state index contributed by atoms with van der Waals surface area (Å²) in [7, 11) is 2.25. The van der Waals surface area contributed by atoms with Crippen molar-refractivity contribution < 1.29 is 0 Å². The predicted octanol–water partition coefficient (Wildman–Crippen LogP) is 3.03. The summed E-state index contributed by atoms with van der Waals surface area (Å²) in [4.78, 5) is 2.47. The van der Waals surface area contributed by atoms with E-state index in [1.54, 1.807) is 0 Å². The SMILES string of the molecule is CN1CCCC(NC2CCCC(C)(C)CC2)C1. The second-order valence-corrected chi connectivity index (χ2v) is 7.06. The Morgan fingerprint density at radius 2 is 1.76 bits per heavy atom. The molecule has 1 saturated heterocycles. The molecule has 1 aliphatic heterocycles. The minimum Gasteiger partial charge on any atom is -0.310 e. The number of nitrogens with one attached hydrogen (secondary N) is 1. The number of hydrogen-bond donors (Lipinski definition) is 1. The van der Waals surface area contributed by atoms with Gasteiger partial charge in [-0.3, -0.25) is 0 Å². The molecule has 2 nitrogen and oxygen atoms in total. The van der Waals surface area contributed by atoms with Gasteiger partial charge in [0.2, 0.25) is 0 Å². The summed E-state index contributed by atoms with van der Waals surface area (Å²) in [5, 5.41) is 3.92. The fraction of sp³-hybridized carbons (Fsp3) is 1.00. The van der Waals surface area contributed by atoms with E-state index >= 15 is 0 Å². The summed E-state index contributed by atoms with van der Waals surface area (Å²) in [5.74, 6) is 0. The molecule has 17 heavy (non-hydrogen) atoms. The van der Waals surface area contributed by atoms with Crippen LogP contribution >= 0.6 is 0 Å². The minimum absolute atomic E-state index is 0.583. The van der Waals surface area contributed by atoms with Gasteiger partial charge < -0.3 is 10.2 Å². The molecule has 2 unspecified atom stereocenters. The Kier molecular flexibility index (Phi) is 4.48. The maximum absolute atomic E-state index is 3.92. The van der Waals surface area contributed by atoms with Gasteiger partial charge in [-0.2, -0.15) is 0 Å². The molecular weight excluding hydrogens is 208 g/mol. The van der Waals surface area contributed by atoms with E-state index in [9.17, 15) is 0 Å². The number of piperidine rings is 1. The van der Waals surface area contributed by atoms with Gasteiger partial charge in [0, 0.05) is 18.6 Å². The molecule has 0 spiro atoms. The second-order valence-electron chi connectivity index (χ2n) is 7.06. The largest absolute Gasteiger partial charge is 0.310 e. The molecule has 2 aliphatic rings. The first-order valence-corrected chi connectivity index (χ1v) is 7.50. The van der Waals surface area contributed by atoms with Crippen molar-refractivity contribution in [2.24, 2.45) is 5.41 Å². The van der Waals surface area contributed by atoms with Gasteiger partial charge in [-0.1, -0.05) is 20.3 Å². The van der Waals surface area contributed by atoms with E-state index in [1.165, 1.54) is 58.0 Å². The Morgan fingerprint density at radius 3 is 2.53 bits per heavy atom. The standard InChI is InChI=1S/C15H30N2/c1-15(2)9-4-6-13(8-10-15)16-14-7-5-11-17(3)12-14/h13-14,16H,4-12H2,1-3H3. The topological polar surface area (TPSA) is 15.3 Å². The van der Waals surface area contributed by atoms with Crippen LogP contribution in [-0.4, -0.2) is 37.1 Å². The van der Waals surface area contributed by atoms with Crippen LogP contribution in [0, 0.1) is 5.41 Å². The lowest BCUT2D eigenvalue weighted by molar-refractivity contribution is 0.210. The molecule has 2 rings (SSSR count). The molecular formula is C15H30N2. The summed E-state index contributed by atoms with van der Waals surface area (Å²) in [6.45, 7) is 7.41. The fourth-order valence-electron chi connectivity index (χ4n) is 3.46. The molecule has 0 amide bonds. The highest BCUT2D eigenvalue weighted by Gasteiger charge is 2.26. The van der Waals surface area contributed by atoms with Crippen molar-refractivity contribution in [3.8, 4) is 0 Å². The zero-order chi connectivity index (χ0) is 12.3. The Hall–Kier alpha value is -0.0800. The van der Waals surface area contributed by atoms with Gasteiger partial charge in [0.15, 0.2) is 0 Å². The quantitative estimate of drug-likeness (QED) is 0.744. The molecule has 2 atom stereocenters. The van der Waals surface area contributed by atoms with Crippen LogP contribution in [-0.2, 0) is 0 Å². The third-order valence-electron chi connectivity index (χ3n) is 4.67. The van der Waals surface area contributed by atoms with Gasteiger partial charge in [-0.15, -0.1) is 0 Å². The van der Waals surface area contributed by atoms with E-state index in [2.05, 4.69) is 31.1 Å². The third kappa shape index (κ3) is 4.26. The number of likely N-dealkylation sites (N-methyl/N-ethyl adjacent to an activating group) is 1. The van der Waals surface area contributed by atoms with Crippen LogP contribution in [0.25, 0.3) is 0 Å². The van der Waals surface area contributed by atoms with Gasteiger partial charge >= 0.3 is 0 Å². The summed E-state index contributed by atoms with van der Waals surface area (Å²) in [6.07, 6.45) is 9.74. The molecule has 2 fully saturated rings. The normalized spacial score (nSPS) is 35.5. The first-order chi connectivity index (χ1) is 8.05. The van der Waals surface area contributed by atoms with E-state index in [1.807, 2.05) is 0 Å². The highest BCUT2D eigenvalue weighted by molar-refractivity contribution is 4.84. The lowest BCUT2D eigenvalue weighted by atomic mass is 9.85. The summed E-state index contributed by atoms with van der Waals surface area (Å²) in [6, 6.07) is 1.54. The summed E-state index contributed by atoms with van der Waals surface area (Å²) < 4.78 is 0. The highest BCUT2D eigenvalue weighted by Crippen LogP contribution is 2.34. The zero-order valence-electron chi connectivity index (χ0n) is 12.0. The van der Waals surface area contributed by atoms with Crippen molar-refractivity contribution in [2.45, 2.75) is 70.9 Å². The summed E-state index contributed by atoms with van der Waals surface area (Å²) >= 11 is 0. The molecule has 0 radical (unpaired) electrons. The fourth-order valence-corrected chi connectivity index (χ4v) is 3.46. The summed E-state index contributed by atoms with van der Waals surface area (Å²) in [5.41, 5.74) is 0.583. The highest BCUT2D eigenvalue weighted by atomic mass is 15.1. The van der Waals surface area contributed by atoms with Gasteiger partial charge in [0.1, 0.15) is 0 Å². The van der Waals surface area contributed by atoms with Crippen LogP contribution in [0.5, 0.6) is 0 Å². The molecule has 1 saturated carbocycles. The lowest BCUT2D eigenvalue weighted by Gasteiger charge is -2.33. The molecule has 1 heterocycles. The first-order valence-electron chi connectivity index (χ1n) is 7.50. The zero-order valence-corrected chi connectivity index (χ0v) is 12.0. The van der Waals surface area contributed by atoms with Crippen molar-refractivity contribution in [2.75, 3.05) is 20.1 Å². The second kappa shape index (κ2) is 5.71. The van der Waals surface area contributed by atoms with Crippen molar-refractivity contribution in [3.63, 3.8) is 0 Å². The molecule has 0 aromatic carbocycles. The van der Waals surface area contributed by atoms with Crippen molar-refractivity contribution in [1.82, 2.24) is 10.2 Å². The molecule has 0 aromatic rings. The van der Waals surface area contributed by atoms with Crippen LogP contribution in [0.2, 0.25) is 0 Å². The Balaban J connectivity index is 1.78. The Bertz CT molecular complexity index is 237. The Morgan fingerprint density at radius 1 is 1.00 bits per heavy atom. The van der Waals surface area contributed by atoms with Crippen molar-refractivity contribution >= 4 is 0 Å². The van der Waals surface area contributed by atoms with Gasteiger partial charge in [-0.25, -0.2) is 0 Å². The molecule has 0 bridgehead atoms. The lowest BCUT2D eigenvalue weighted by Crippen LogP contribution is -2.47. The monoisotopic (exact) mass is 238 g/mol. The smallest absolute Gasteiger partial charge is 0.0197 e. The molecule has 2 heteroatoms. The average molecular weight is 238 g/mol. The van der Waals surface area contributed by atoms with Gasteiger partial charge in [0.25, 0.3) is 0 Å². The van der Waals surface area contributed by atoms with E-state index in [0.717, 1.165) is 12.1 Å². The number of likely N-dealkylation sites (tertiary alicyclic amines) is 1. The van der Waals surface area contributed by atoms with Crippen molar-refractivity contribution in [3.05, 3.63) is 0 Å². The van der Waals surface area contributed by atoms with Gasteiger partial charge in [0.05, 0.1) is 0 Å². The van der Waals surface area contributed by atoms with Crippen LogP contribution in [0.15, 0.2) is 0 Å². The molecule has 1 N–H and O–H groups in total. The predicted molar refractivity (Wildman–Crippen MR) is 74.3 cm³/mol. The van der Waals surface area contributed by atoms with E-state index in [-0.39, 0.29) is 0 Å². The number of rotatable bonds is 2. The average Bonchev–Trinajstić information content (AvgIpc) is 2.41. The first kappa shape index (κ1) is 13.4. The van der Waals surface area contributed by atoms with Gasteiger partial charge in [-0.05, 0) is 57.5 Å². The molecule has 100 valence electrons. The maximum atomic E-state index is 3.92.